The summed E-state index contributed by atoms with van der Waals surface area (Å²) in [5, 5.41) is 11.1. The van der Waals surface area contributed by atoms with E-state index in [1.807, 2.05) is 13.8 Å². The van der Waals surface area contributed by atoms with Crippen LogP contribution < -0.4 is 26.0 Å². The van der Waals surface area contributed by atoms with Crippen molar-refractivity contribution >= 4 is 23.6 Å². The van der Waals surface area contributed by atoms with E-state index < -0.39 is 29.8 Å². The highest BCUT2D eigenvalue weighted by atomic mass is 16.5. The summed E-state index contributed by atoms with van der Waals surface area (Å²) in [6.07, 6.45) is 0.667. The molecule has 0 saturated carbocycles. The predicted molar refractivity (Wildman–Crippen MR) is 137 cm³/mol. The van der Waals surface area contributed by atoms with Crippen molar-refractivity contribution in [1.29, 1.82) is 0 Å². The number of nitrogens with zero attached hydrogens (tertiary/aromatic N) is 1. The highest BCUT2D eigenvalue weighted by Gasteiger charge is 2.28. The summed E-state index contributed by atoms with van der Waals surface area (Å²) >= 11 is 0. The molecule has 204 valence electrons. The summed E-state index contributed by atoms with van der Waals surface area (Å²) in [5.74, 6) is -1.23. The minimum atomic E-state index is -1.13. The molecule has 4 N–H and O–H groups in total. The van der Waals surface area contributed by atoms with Gasteiger partial charge in [0.2, 0.25) is 17.7 Å². The molecule has 0 unspecified atom stereocenters. The third-order valence-corrected chi connectivity index (χ3v) is 6.21. The van der Waals surface area contributed by atoms with Gasteiger partial charge in [-0.15, -0.1) is 0 Å². The van der Waals surface area contributed by atoms with E-state index >= 15 is 0 Å². The topological polar surface area (TPSA) is 138 Å². The van der Waals surface area contributed by atoms with E-state index in [2.05, 4.69) is 26.2 Å². The number of rotatable bonds is 6. The van der Waals surface area contributed by atoms with Gasteiger partial charge in [-0.25, -0.2) is 0 Å². The molecular formula is C26H39N5O6. The highest BCUT2D eigenvalue weighted by molar-refractivity contribution is 6.01. The molecule has 0 radical (unpaired) electrons. The maximum absolute atomic E-state index is 13.2. The van der Waals surface area contributed by atoms with Gasteiger partial charge in [-0.05, 0) is 30.9 Å². The van der Waals surface area contributed by atoms with Crippen LogP contribution in [0.25, 0.3) is 0 Å². The van der Waals surface area contributed by atoms with Crippen molar-refractivity contribution in [1.82, 2.24) is 26.2 Å². The van der Waals surface area contributed by atoms with Gasteiger partial charge in [-0.1, -0.05) is 26.0 Å². The summed E-state index contributed by atoms with van der Waals surface area (Å²) in [5.41, 5.74) is 0.269. The molecule has 2 heterocycles. The van der Waals surface area contributed by atoms with Gasteiger partial charge in [0.25, 0.3) is 5.91 Å². The third kappa shape index (κ3) is 9.32. The van der Waals surface area contributed by atoms with Crippen LogP contribution in [-0.4, -0.2) is 93.2 Å². The van der Waals surface area contributed by atoms with Gasteiger partial charge in [0, 0.05) is 32.7 Å². The predicted octanol–water partition coefficient (Wildman–Crippen LogP) is 0.0531. The van der Waals surface area contributed by atoms with E-state index in [1.165, 1.54) is 0 Å². The van der Waals surface area contributed by atoms with Crippen molar-refractivity contribution in [3.05, 3.63) is 29.8 Å². The largest absolute Gasteiger partial charge is 0.493 e. The molecule has 0 aliphatic carbocycles. The summed E-state index contributed by atoms with van der Waals surface area (Å²) in [6, 6.07) is 4.87. The minimum absolute atomic E-state index is 0.162. The van der Waals surface area contributed by atoms with Crippen LogP contribution >= 0.6 is 0 Å². The number of para-hydroxylation sites is 1. The van der Waals surface area contributed by atoms with Crippen molar-refractivity contribution < 1.29 is 28.7 Å². The fourth-order valence-corrected chi connectivity index (χ4v) is 4.24. The number of morpholine rings is 1. The molecule has 1 saturated heterocycles. The second-order valence-electron chi connectivity index (χ2n) is 9.71. The van der Waals surface area contributed by atoms with Crippen LogP contribution in [0.3, 0.4) is 0 Å². The molecule has 0 aromatic heterocycles. The fourth-order valence-electron chi connectivity index (χ4n) is 4.24. The average Bonchev–Trinajstić information content (AvgIpc) is 2.87. The van der Waals surface area contributed by atoms with E-state index in [9.17, 15) is 19.2 Å². The van der Waals surface area contributed by atoms with Gasteiger partial charge < -0.3 is 30.7 Å². The van der Waals surface area contributed by atoms with Crippen LogP contribution in [0.15, 0.2) is 24.3 Å². The Kier molecular flexibility index (Phi) is 11.2. The molecule has 11 nitrogen and oxygen atoms in total. The van der Waals surface area contributed by atoms with E-state index in [-0.39, 0.29) is 30.4 Å². The Morgan fingerprint density at radius 3 is 2.62 bits per heavy atom. The Hall–Kier alpha value is -3.18. The Morgan fingerprint density at radius 2 is 1.86 bits per heavy atom. The van der Waals surface area contributed by atoms with Crippen LogP contribution in [0.5, 0.6) is 5.75 Å². The minimum Gasteiger partial charge on any atom is -0.493 e. The average molecular weight is 518 g/mol. The number of carbonyl (C=O) groups excluding carboxylic acids is 4. The molecule has 2 aliphatic rings. The number of benzene rings is 1. The first-order chi connectivity index (χ1) is 17.8. The lowest BCUT2D eigenvalue weighted by Crippen LogP contribution is -2.53. The molecule has 2 atom stereocenters. The lowest BCUT2D eigenvalue weighted by Gasteiger charge is -2.27. The van der Waals surface area contributed by atoms with Gasteiger partial charge in [-0.3, -0.25) is 24.1 Å². The van der Waals surface area contributed by atoms with E-state index in [4.69, 9.17) is 9.47 Å². The van der Waals surface area contributed by atoms with Crippen molar-refractivity contribution in [2.75, 3.05) is 52.5 Å². The molecule has 1 aromatic carbocycles. The van der Waals surface area contributed by atoms with Crippen molar-refractivity contribution in [3.63, 3.8) is 0 Å². The molecule has 0 spiro atoms. The normalized spacial score (nSPS) is 22.4. The summed E-state index contributed by atoms with van der Waals surface area (Å²) < 4.78 is 11.1. The number of ether oxygens (including phenoxy) is 2. The van der Waals surface area contributed by atoms with Gasteiger partial charge in [-0.2, -0.15) is 0 Å². The quantitative estimate of drug-likeness (QED) is 0.418. The first-order valence-corrected chi connectivity index (χ1v) is 13.0. The number of carbonyl (C=O) groups is 4. The fraction of sp³-hybridized carbons (Fsp3) is 0.615. The third-order valence-electron chi connectivity index (χ3n) is 6.21. The van der Waals surface area contributed by atoms with Gasteiger partial charge >= 0.3 is 0 Å². The SMILES string of the molecule is CC(C)C[C@H]1NC(=O)C[C@@H](C(=O)NCCN2CCOCC2)NC(=O)c2ccccc2OCCCNC1=O. The van der Waals surface area contributed by atoms with Crippen molar-refractivity contribution in [3.8, 4) is 5.75 Å². The molecule has 1 fully saturated rings. The first kappa shape index (κ1) is 28.4. The standard InChI is InChI=1S/C26H39N5O6/c1-18(2)16-20-25(34)27-8-5-13-37-22-7-4-3-6-19(22)24(33)30-21(17-23(32)29-20)26(35)28-9-10-31-11-14-36-15-12-31/h3-4,6-7,18,20-21H,5,8-17H2,1-2H3,(H,27,34)(H,28,35)(H,29,32)(H,30,33)/t20-,21+/m1/s1. The Balaban J connectivity index is 1.75. The number of hydrogen-bond donors (Lipinski definition) is 4. The Morgan fingerprint density at radius 1 is 1.11 bits per heavy atom. The van der Waals surface area contributed by atoms with Crippen LogP contribution in [0.1, 0.15) is 43.5 Å². The number of fused-ring (bicyclic) bond motifs is 1. The first-order valence-electron chi connectivity index (χ1n) is 13.0. The Bertz CT molecular complexity index is 934. The molecule has 1 aromatic rings. The van der Waals surface area contributed by atoms with Crippen LogP contribution in [0, 0.1) is 5.92 Å². The highest BCUT2D eigenvalue weighted by Crippen LogP contribution is 2.18. The molecule has 11 heteroatoms. The summed E-state index contributed by atoms with van der Waals surface area (Å²) in [6.45, 7) is 8.46. The zero-order chi connectivity index (χ0) is 26.6. The van der Waals surface area contributed by atoms with E-state index in [0.717, 1.165) is 13.1 Å². The molecule has 4 amide bonds. The smallest absolute Gasteiger partial charge is 0.255 e. The Labute approximate surface area is 218 Å². The van der Waals surface area contributed by atoms with Crippen LogP contribution in [0.4, 0.5) is 0 Å². The van der Waals surface area contributed by atoms with Gasteiger partial charge in [0.15, 0.2) is 0 Å². The van der Waals surface area contributed by atoms with Crippen LogP contribution in [0.2, 0.25) is 0 Å². The van der Waals surface area contributed by atoms with Gasteiger partial charge in [0.1, 0.15) is 17.8 Å². The zero-order valence-corrected chi connectivity index (χ0v) is 21.7. The second kappa shape index (κ2) is 14.5. The van der Waals surface area contributed by atoms with Crippen molar-refractivity contribution in [2.24, 2.45) is 5.92 Å². The molecule has 37 heavy (non-hydrogen) atoms. The van der Waals surface area contributed by atoms with Crippen molar-refractivity contribution in [2.45, 2.75) is 45.2 Å². The van der Waals surface area contributed by atoms with E-state index in [0.29, 0.717) is 51.4 Å². The zero-order valence-electron chi connectivity index (χ0n) is 21.7. The molecule has 2 aliphatic heterocycles. The lowest BCUT2D eigenvalue weighted by molar-refractivity contribution is -0.131. The number of hydrogen-bond acceptors (Lipinski definition) is 7. The molecular weight excluding hydrogens is 478 g/mol. The maximum atomic E-state index is 13.2. The summed E-state index contributed by atoms with van der Waals surface area (Å²) in [7, 11) is 0. The second-order valence-corrected chi connectivity index (χ2v) is 9.71. The van der Waals surface area contributed by atoms with Gasteiger partial charge in [0.05, 0.1) is 31.8 Å². The van der Waals surface area contributed by atoms with Crippen LogP contribution in [-0.2, 0) is 19.1 Å². The monoisotopic (exact) mass is 517 g/mol. The van der Waals surface area contributed by atoms with E-state index in [1.54, 1.807) is 24.3 Å². The lowest BCUT2D eigenvalue weighted by atomic mass is 10.0. The summed E-state index contributed by atoms with van der Waals surface area (Å²) in [4.78, 5) is 54.2. The number of nitrogens with one attached hydrogen (secondary N) is 4. The molecule has 0 bridgehead atoms. The maximum Gasteiger partial charge on any atom is 0.255 e. The molecule has 3 rings (SSSR count). The number of amides is 4.